The largest absolute Gasteiger partial charge is 0.472 e. The van der Waals surface area contributed by atoms with Gasteiger partial charge in [-0.15, -0.1) is 0 Å². The molecule has 3 rings (SSSR count). The first kappa shape index (κ1) is 12.2. The number of oxazole rings is 1. The van der Waals surface area contributed by atoms with Gasteiger partial charge in [0, 0.05) is 0 Å². The van der Waals surface area contributed by atoms with E-state index in [4.69, 9.17) is 9.15 Å². The molecule has 0 atom stereocenters. The minimum Gasteiger partial charge on any atom is -0.472 e. The zero-order chi connectivity index (χ0) is 13.9. The van der Waals surface area contributed by atoms with Crippen LogP contribution >= 0.6 is 0 Å². The summed E-state index contributed by atoms with van der Waals surface area (Å²) >= 11 is 0. The highest BCUT2D eigenvalue weighted by molar-refractivity contribution is 5.82. The van der Waals surface area contributed by atoms with Gasteiger partial charge in [0.25, 0.3) is 0 Å². The molecule has 0 radical (unpaired) electrons. The maximum atomic E-state index is 9.27. The lowest BCUT2D eigenvalue weighted by atomic mass is 10.2. The first-order valence-electron chi connectivity index (χ1n) is 6.10. The van der Waals surface area contributed by atoms with E-state index in [0.717, 1.165) is 5.56 Å². The summed E-state index contributed by atoms with van der Waals surface area (Å²) in [4.78, 5) is 8.34. The SMILES string of the molecule is Cc1nc(OCc2ccccc2)c(C#N)c2ncoc12. The minimum atomic E-state index is 0.287. The van der Waals surface area contributed by atoms with Crippen LogP contribution in [0.3, 0.4) is 0 Å². The number of nitriles is 1. The van der Waals surface area contributed by atoms with Gasteiger partial charge in [-0.1, -0.05) is 30.3 Å². The zero-order valence-electron chi connectivity index (χ0n) is 10.8. The molecule has 3 aromatic rings. The van der Waals surface area contributed by atoms with Crippen LogP contribution in [-0.4, -0.2) is 9.97 Å². The minimum absolute atomic E-state index is 0.287. The van der Waals surface area contributed by atoms with E-state index >= 15 is 0 Å². The highest BCUT2D eigenvalue weighted by Gasteiger charge is 2.16. The van der Waals surface area contributed by atoms with Gasteiger partial charge in [-0.25, -0.2) is 9.97 Å². The van der Waals surface area contributed by atoms with Crippen molar-refractivity contribution in [1.29, 1.82) is 5.26 Å². The van der Waals surface area contributed by atoms with Crippen molar-refractivity contribution >= 4 is 11.1 Å². The summed E-state index contributed by atoms with van der Waals surface area (Å²) in [5, 5.41) is 9.27. The Bertz CT molecular complexity index is 788. The average molecular weight is 265 g/mol. The number of rotatable bonds is 3. The van der Waals surface area contributed by atoms with E-state index in [2.05, 4.69) is 16.0 Å². The van der Waals surface area contributed by atoms with Crippen LogP contribution in [0.15, 0.2) is 41.1 Å². The van der Waals surface area contributed by atoms with Crippen LogP contribution in [0.25, 0.3) is 11.1 Å². The smallest absolute Gasteiger partial charge is 0.234 e. The van der Waals surface area contributed by atoms with E-state index in [1.807, 2.05) is 30.3 Å². The number of fused-ring (bicyclic) bond motifs is 1. The van der Waals surface area contributed by atoms with Crippen molar-refractivity contribution in [2.45, 2.75) is 13.5 Å². The zero-order valence-corrected chi connectivity index (χ0v) is 10.8. The second-order valence-electron chi connectivity index (χ2n) is 4.29. The second-order valence-corrected chi connectivity index (χ2v) is 4.29. The fraction of sp³-hybridized carbons (Fsp3) is 0.133. The molecule has 98 valence electrons. The number of benzene rings is 1. The van der Waals surface area contributed by atoms with E-state index in [0.29, 0.717) is 29.0 Å². The molecule has 0 bridgehead atoms. The van der Waals surface area contributed by atoms with Gasteiger partial charge in [0.05, 0.1) is 5.69 Å². The number of nitrogens with zero attached hydrogens (tertiary/aromatic N) is 3. The molecule has 0 aliphatic carbocycles. The summed E-state index contributed by atoms with van der Waals surface area (Å²) in [6, 6.07) is 11.8. The van der Waals surface area contributed by atoms with Gasteiger partial charge >= 0.3 is 0 Å². The molecule has 2 heterocycles. The molecule has 5 nitrogen and oxygen atoms in total. The van der Waals surface area contributed by atoms with E-state index in [1.165, 1.54) is 6.39 Å². The Kier molecular flexibility index (Phi) is 3.05. The summed E-state index contributed by atoms with van der Waals surface area (Å²) in [6.07, 6.45) is 1.31. The number of pyridine rings is 1. The lowest BCUT2D eigenvalue weighted by molar-refractivity contribution is 0.293. The summed E-state index contributed by atoms with van der Waals surface area (Å²) in [7, 11) is 0. The first-order valence-corrected chi connectivity index (χ1v) is 6.10. The molecule has 0 aliphatic heterocycles. The topological polar surface area (TPSA) is 71.9 Å². The number of ether oxygens (including phenoxy) is 1. The first-order chi connectivity index (χ1) is 9.79. The Morgan fingerprint density at radius 2 is 2.10 bits per heavy atom. The molecule has 0 saturated carbocycles. The van der Waals surface area contributed by atoms with Crippen LogP contribution < -0.4 is 4.74 Å². The van der Waals surface area contributed by atoms with Crippen molar-refractivity contribution < 1.29 is 9.15 Å². The second kappa shape index (κ2) is 5.02. The third-order valence-corrected chi connectivity index (χ3v) is 2.95. The fourth-order valence-electron chi connectivity index (χ4n) is 1.97. The molecule has 0 N–H and O–H groups in total. The molecule has 0 fully saturated rings. The van der Waals surface area contributed by atoms with Gasteiger partial charge in [0.15, 0.2) is 12.0 Å². The van der Waals surface area contributed by atoms with Crippen LogP contribution in [0.2, 0.25) is 0 Å². The van der Waals surface area contributed by atoms with Gasteiger partial charge in [-0.2, -0.15) is 5.26 Å². The van der Waals surface area contributed by atoms with Crippen LogP contribution in [0.4, 0.5) is 0 Å². The van der Waals surface area contributed by atoms with Crippen molar-refractivity contribution in [2.24, 2.45) is 0 Å². The lowest BCUT2D eigenvalue weighted by Gasteiger charge is -2.08. The molecular weight excluding hydrogens is 254 g/mol. The maximum absolute atomic E-state index is 9.27. The number of aromatic nitrogens is 2. The average Bonchev–Trinajstić information content (AvgIpc) is 2.96. The third kappa shape index (κ3) is 2.08. The van der Waals surface area contributed by atoms with E-state index in [1.54, 1.807) is 6.92 Å². The summed E-state index contributed by atoms with van der Waals surface area (Å²) < 4.78 is 10.9. The summed E-state index contributed by atoms with van der Waals surface area (Å²) in [6.45, 7) is 2.15. The standard InChI is InChI=1S/C15H11N3O2/c1-10-14-13(17-9-20-14)12(7-16)15(18-10)19-8-11-5-3-2-4-6-11/h2-6,9H,8H2,1H3. The molecular formula is C15H11N3O2. The Morgan fingerprint density at radius 3 is 2.85 bits per heavy atom. The fourth-order valence-corrected chi connectivity index (χ4v) is 1.97. The Hall–Kier alpha value is -2.87. The van der Waals surface area contributed by atoms with E-state index in [9.17, 15) is 5.26 Å². The monoisotopic (exact) mass is 265 g/mol. The summed E-state index contributed by atoms with van der Waals surface area (Å²) in [5.74, 6) is 0.287. The van der Waals surface area contributed by atoms with Gasteiger partial charge in [-0.3, -0.25) is 0 Å². The molecule has 0 spiro atoms. The van der Waals surface area contributed by atoms with Crippen molar-refractivity contribution in [3.8, 4) is 11.9 Å². The van der Waals surface area contributed by atoms with Crippen LogP contribution in [-0.2, 0) is 6.61 Å². The molecule has 1 aromatic carbocycles. The van der Waals surface area contributed by atoms with Gasteiger partial charge < -0.3 is 9.15 Å². The van der Waals surface area contributed by atoms with Crippen molar-refractivity contribution in [3.05, 3.63) is 53.5 Å². The Morgan fingerprint density at radius 1 is 1.30 bits per heavy atom. The van der Waals surface area contributed by atoms with Gasteiger partial charge in [0.2, 0.25) is 5.88 Å². The number of aryl methyl sites for hydroxylation is 1. The van der Waals surface area contributed by atoms with Gasteiger partial charge in [0.1, 0.15) is 23.8 Å². The Labute approximate surface area is 115 Å². The predicted octanol–water partition coefficient (Wildman–Crippen LogP) is 2.98. The number of hydrogen-bond acceptors (Lipinski definition) is 5. The predicted molar refractivity (Wildman–Crippen MR) is 72.0 cm³/mol. The molecule has 20 heavy (non-hydrogen) atoms. The molecule has 0 amide bonds. The number of hydrogen-bond donors (Lipinski definition) is 0. The van der Waals surface area contributed by atoms with Crippen LogP contribution in [0, 0.1) is 18.3 Å². The molecule has 0 saturated heterocycles. The van der Waals surface area contributed by atoms with Crippen LogP contribution in [0.5, 0.6) is 5.88 Å². The van der Waals surface area contributed by atoms with Crippen LogP contribution in [0.1, 0.15) is 16.8 Å². The lowest BCUT2D eigenvalue weighted by Crippen LogP contribution is -2.01. The summed E-state index contributed by atoms with van der Waals surface area (Å²) in [5.41, 5.74) is 2.97. The van der Waals surface area contributed by atoms with Gasteiger partial charge in [-0.05, 0) is 12.5 Å². The normalized spacial score (nSPS) is 10.4. The Balaban J connectivity index is 1.97. The van der Waals surface area contributed by atoms with E-state index in [-0.39, 0.29) is 5.88 Å². The van der Waals surface area contributed by atoms with Crippen molar-refractivity contribution in [2.75, 3.05) is 0 Å². The van der Waals surface area contributed by atoms with Crippen molar-refractivity contribution in [1.82, 2.24) is 9.97 Å². The highest BCUT2D eigenvalue weighted by atomic mass is 16.5. The van der Waals surface area contributed by atoms with Crippen molar-refractivity contribution in [3.63, 3.8) is 0 Å². The third-order valence-electron chi connectivity index (χ3n) is 2.95. The maximum Gasteiger partial charge on any atom is 0.234 e. The molecule has 0 unspecified atom stereocenters. The highest BCUT2D eigenvalue weighted by Crippen LogP contribution is 2.27. The molecule has 0 aliphatic rings. The van der Waals surface area contributed by atoms with E-state index < -0.39 is 0 Å². The quantitative estimate of drug-likeness (QED) is 0.728. The molecule has 5 heteroatoms. The molecule has 2 aromatic heterocycles.